The van der Waals surface area contributed by atoms with Crippen molar-refractivity contribution in [2.45, 2.75) is 20.8 Å². The molecule has 0 radical (unpaired) electrons. The summed E-state index contributed by atoms with van der Waals surface area (Å²) < 4.78 is 4.95. The summed E-state index contributed by atoms with van der Waals surface area (Å²) in [4.78, 5) is 12.1. The fourth-order valence-electron chi connectivity index (χ4n) is 1.77. The molecule has 1 aromatic carbocycles. The maximum Gasteiger partial charge on any atom is 0.258 e. The van der Waals surface area contributed by atoms with Crippen molar-refractivity contribution in [3.05, 3.63) is 46.6 Å². The summed E-state index contributed by atoms with van der Waals surface area (Å²) in [5, 5.41) is 6.41. The number of aromatic nitrogens is 1. The number of rotatable bonds is 2. The number of carbonyl (C=O) groups is 1. The van der Waals surface area contributed by atoms with Gasteiger partial charge < -0.3 is 4.52 Å². The molecule has 88 valence electrons. The first-order valence-electron chi connectivity index (χ1n) is 5.39. The number of carbonyl (C=O) groups excluding carboxylic acids is 1. The van der Waals surface area contributed by atoms with Gasteiger partial charge in [0.05, 0.1) is 5.69 Å². The minimum Gasteiger partial charge on any atom is -0.338 e. The lowest BCUT2D eigenvalue weighted by Gasteiger charge is -2.07. The van der Waals surface area contributed by atoms with Crippen LogP contribution in [0.2, 0.25) is 0 Å². The summed E-state index contributed by atoms with van der Waals surface area (Å²) in [6.07, 6.45) is 0. The standard InChI is InChI=1S/C13H14N2O2/c1-8-5-4-6-9(2)12(8)13(16)14-11-7-10(3)15-17-11/h4-7H,1-3H3,(H,14,16). The van der Waals surface area contributed by atoms with Crippen LogP contribution < -0.4 is 5.32 Å². The highest BCUT2D eigenvalue weighted by Crippen LogP contribution is 2.16. The van der Waals surface area contributed by atoms with Gasteiger partial charge in [-0.1, -0.05) is 23.4 Å². The number of nitrogens with zero attached hydrogens (tertiary/aromatic N) is 1. The van der Waals surface area contributed by atoms with Crippen LogP contribution in [0.3, 0.4) is 0 Å². The number of amides is 1. The van der Waals surface area contributed by atoms with Gasteiger partial charge in [0.25, 0.3) is 5.91 Å². The monoisotopic (exact) mass is 230 g/mol. The maximum atomic E-state index is 12.1. The molecule has 0 spiro atoms. The Kier molecular flexibility index (Phi) is 2.95. The first-order chi connectivity index (χ1) is 8.08. The highest BCUT2D eigenvalue weighted by molar-refractivity contribution is 6.05. The molecular formula is C13H14N2O2. The number of aryl methyl sites for hydroxylation is 3. The van der Waals surface area contributed by atoms with E-state index in [0.29, 0.717) is 11.4 Å². The third-order valence-corrected chi connectivity index (χ3v) is 2.57. The molecule has 0 aliphatic heterocycles. The van der Waals surface area contributed by atoms with Crippen molar-refractivity contribution < 1.29 is 9.32 Å². The van der Waals surface area contributed by atoms with Crippen molar-refractivity contribution in [3.8, 4) is 0 Å². The number of hydrogen-bond donors (Lipinski definition) is 1. The third-order valence-electron chi connectivity index (χ3n) is 2.57. The Bertz CT molecular complexity index is 538. The third kappa shape index (κ3) is 2.36. The van der Waals surface area contributed by atoms with Gasteiger partial charge in [-0.3, -0.25) is 10.1 Å². The van der Waals surface area contributed by atoms with Crippen LogP contribution in [-0.4, -0.2) is 11.1 Å². The van der Waals surface area contributed by atoms with Crippen molar-refractivity contribution in [3.63, 3.8) is 0 Å². The molecule has 1 amide bonds. The second-order valence-electron chi connectivity index (χ2n) is 4.05. The van der Waals surface area contributed by atoms with Crippen LogP contribution in [0.4, 0.5) is 5.88 Å². The molecule has 4 nitrogen and oxygen atoms in total. The fourth-order valence-corrected chi connectivity index (χ4v) is 1.77. The lowest BCUT2D eigenvalue weighted by molar-refractivity contribution is 0.102. The molecule has 4 heteroatoms. The molecule has 1 aromatic heterocycles. The lowest BCUT2D eigenvalue weighted by atomic mass is 10.0. The molecule has 2 rings (SSSR count). The first-order valence-corrected chi connectivity index (χ1v) is 5.39. The van der Waals surface area contributed by atoms with E-state index in [0.717, 1.165) is 16.8 Å². The molecule has 2 aromatic rings. The van der Waals surface area contributed by atoms with Crippen molar-refractivity contribution in [2.75, 3.05) is 5.32 Å². The molecule has 0 aliphatic rings. The van der Waals surface area contributed by atoms with Crippen LogP contribution in [-0.2, 0) is 0 Å². The summed E-state index contributed by atoms with van der Waals surface area (Å²) in [5.41, 5.74) is 3.31. The number of nitrogens with one attached hydrogen (secondary N) is 1. The van der Waals surface area contributed by atoms with Gasteiger partial charge in [-0.05, 0) is 31.9 Å². The van der Waals surface area contributed by atoms with Gasteiger partial charge in [0.15, 0.2) is 0 Å². The smallest absolute Gasteiger partial charge is 0.258 e. The quantitative estimate of drug-likeness (QED) is 0.863. The van der Waals surface area contributed by atoms with E-state index < -0.39 is 0 Å². The van der Waals surface area contributed by atoms with E-state index in [9.17, 15) is 4.79 Å². The second kappa shape index (κ2) is 4.41. The normalized spacial score (nSPS) is 10.3. The SMILES string of the molecule is Cc1cc(NC(=O)c2c(C)cccc2C)on1. The molecule has 0 unspecified atom stereocenters. The van der Waals surface area contributed by atoms with Gasteiger partial charge in [0, 0.05) is 11.6 Å². The van der Waals surface area contributed by atoms with Gasteiger partial charge in [0.2, 0.25) is 5.88 Å². The molecule has 0 bridgehead atoms. The van der Waals surface area contributed by atoms with Crippen LogP contribution >= 0.6 is 0 Å². The Morgan fingerprint density at radius 3 is 2.41 bits per heavy atom. The van der Waals surface area contributed by atoms with E-state index in [1.165, 1.54) is 0 Å². The molecule has 0 aliphatic carbocycles. The van der Waals surface area contributed by atoms with E-state index in [1.54, 1.807) is 13.0 Å². The second-order valence-corrected chi connectivity index (χ2v) is 4.05. The van der Waals surface area contributed by atoms with Gasteiger partial charge in [-0.25, -0.2) is 0 Å². The van der Waals surface area contributed by atoms with Crippen molar-refractivity contribution in [2.24, 2.45) is 0 Å². The van der Waals surface area contributed by atoms with E-state index in [2.05, 4.69) is 10.5 Å². The zero-order valence-electron chi connectivity index (χ0n) is 10.1. The summed E-state index contributed by atoms with van der Waals surface area (Å²) in [7, 11) is 0. The molecule has 17 heavy (non-hydrogen) atoms. The largest absolute Gasteiger partial charge is 0.338 e. The zero-order chi connectivity index (χ0) is 12.4. The average Bonchev–Trinajstić information content (AvgIpc) is 2.63. The van der Waals surface area contributed by atoms with Crippen LogP contribution in [0.25, 0.3) is 0 Å². The lowest BCUT2D eigenvalue weighted by Crippen LogP contribution is -2.14. The van der Waals surface area contributed by atoms with E-state index in [-0.39, 0.29) is 5.91 Å². The minimum atomic E-state index is -0.170. The summed E-state index contributed by atoms with van der Waals surface area (Å²) in [5.74, 6) is 0.201. The van der Waals surface area contributed by atoms with Crippen molar-refractivity contribution >= 4 is 11.8 Å². The highest BCUT2D eigenvalue weighted by Gasteiger charge is 2.13. The predicted molar refractivity (Wildman–Crippen MR) is 65.1 cm³/mol. The van der Waals surface area contributed by atoms with Gasteiger partial charge >= 0.3 is 0 Å². The molecule has 1 N–H and O–H groups in total. The van der Waals surface area contributed by atoms with Gasteiger partial charge in [0.1, 0.15) is 0 Å². The number of anilines is 1. The first kappa shape index (κ1) is 11.4. The molecule has 0 atom stereocenters. The summed E-state index contributed by atoms with van der Waals surface area (Å²) >= 11 is 0. The van der Waals surface area contributed by atoms with Crippen LogP contribution in [0.15, 0.2) is 28.8 Å². The fraction of sp³-hybridized carbons (Fsp3) is 0.231. The average molecular weight is 230 g/mol. The van der Waals surface area contributed by atoms with E-state index in [1.807, 2.05) is 32.0 Å². The van der Waals surface area contributed by atoms with E-state index >= 15 is 0 Å². The Labute approximate surface area is 99.6 Å². The van der Waals surface area contributed by atoms with Crippen LogP contribution in [0.5, 0.6) is 0 Å². The summed E-state index contributed by atoms with van der Waals surface area (Å²) in [6.45, 7) is 5.62. The summed E-state index contributed by atoms with van der Waals surface area (Å²) in [6, 6.07) is 7.44. The maximum absolute atomic E-state index is 12.1. The van der Waals surface area contributed by atoms with Crippen molar-refractivity contribution in [1.82, 2.24) is 5.16 Å². The Hall–Kier alpha value is -2.10. The van der Waals surface area contributed by atoms with Crippen LogP contribution in [0.1, 0.15) is 27.2 Å². The Morgan fingerprint density at radius 1 is 1.24 bits per heavy atom. The Morgan fingerprint density at radius 2 is 1.88 bits per heavy atom. The topological polar surface area (TPSA) is 55.1 Å². The van der Waals surface area contributed by atoms with E-state index in [4.69, 9.17) is 4.52 Å². The molecule has 0 fully saturated rings. The molecule has 0 saturated heterocycles. The minimum absolute atomic E-state index is 0.170. The molecular weight excluding hydrogens is 216 g/mol. The van der Waals surface area contributed by atoms with Crippen LogP contribution in [0, 0.1) is 20.8 Å². The highest BCUT2D eigenvalue weighted by atomic mass is 16.5. The number of hydrogen-bond acceptors (Lipinski definition) is 3. The number of benzene rings is 1. The molecule has 1 heterocycles. The van der Waals surface area contributed by atoms with Gasteiger partial charge in [-0.2, -0.15) is 0 Å². The molecule has 0 saturated carbocycles. The zero-order valence-corrected chi connectivity index (χ0v) is 10.1. The van der Waals surface area contributed by atoms with Gasteiger partial charge in [-0.15, -0.1) is 0 Å². The Balaban J connectivity index is 2.26. The predicted octanol–water partition coefficient (Wildman–Crippen LogP) is 2.85. The van der Waals surface area contributed by atoms with Crippen molar-refractivity contribution in [1.29, 1.82) is 0 Å².